The molecule has 2 atom stereocenters. The van der Waals surface area contributed by atoms with E-state index in [9.17, 15) is 10.3 Å². The molecule has 0 amide bonds. The SMILES string of the molecule is CCCCCCCCCCCCCCCCCCC(O)CC(C)N(O)CC. The second-order valence-corrected chi connectivity index (χ2v) is 8.59. The number of hydrogen-bond donors (Lipinski definition) is 2. The van der Waals surface area contributed by atoms with Gasteiger partial charge in [-0.25, -0.2) is 0 Å². The number of hydroxylamine groups is 2. The van der Waals surface area contributed by atoms with Gasteiger partial charge in [0.15, 0.2) is 0 Å². The van der Waals surface area contributed by atoms with Gasteiger partial charge in [0, 0.05) is 12.6 Å². The molecule has 0 spiro atoms. The molecule has 0 aromatic heterocycles. The van der Waals surface area contributed by atoms with Crippen molar-refractivity contribution >= 4 is 0 Å². The van der Waals surface area contributed by atoms with E-state index in [4.69, 9.17) is 0 Å². The van der Waals surface area contributed by atoms with E-state index < -0.39 is 0 Å². The fourth-order valence-electron chi connectivity index (χ4n) is 3.87. The first-order valence-corrected chi connectivity index (χ1v) is 12.2. The highest BCUT2D eigenvalue weighted by Gasteiger charge is 2.14. The largest absolute Gasteiger partial charge is 0.393 e. The van der Waals surface area contributed by atoms with E-state index in [1.165, 1.54) is 101 Å². The van der Waals surface area contributed by atoms with Gasteiger partial charge in [0.05, 0.1) is 6.10 Å². The quantitative estimate of drug-likeness (QED) is 0.159. The molecule has 164 valence electrons. The highest BCUT2D eigenvalue weighted by atomic mass is 16.5. The van der Waals surface area contributed by atoms with Crippen LogP contribution in [0.3, 0.4) is 0 Å². The van der Waals surface area contributed by atoms with Gasteiger partial charge in [0.1, 0.15) is 0 Å². The molecule has 0 radical (unpaired) electrons. The van der Waals surface area contributed by atoms with Gasteiger partial charge in [-0.3, -0.25) is 0 Å². The lowest BCUT2D eigenvalue weighted by Crippen LogP contribution is -2.32. The monoisotopic (exact) mass is 385 g/mol. The second-order valence-electron chi connectivity index (χ2n) is 8.59. The molecule has 0 saturated carbocycles. The smallest absolute Gasteiger partial charge is 0.0556 e. The minimum Gasteiger partial charge on any atom is -0.393 e. The Kier molecular flexibility index (Phi) is 20.5. The lowest BCUT2D eigenvalue weighted by Gasteiger charge is -2.23. The van der Waals surface area contributed by atoms with Crippen LogP contribution in [0.15, 0.2) is 0 Å². The third kappa shape index (κ3) is 19.0. The number of unbranched alkanes of at least 4 members (excludes halogenated alkanes) is 15. The first-order valence-electron chi connectivity index (χ1n) is 12.2. The van der Waals surface area contributed by atoms with E-state index >= 15 is 0 Å². The lowest BCUT2D eigenvalue weighted by molar-refractivity contribution is -0.126. The van der Waals surface area contributed by atoms with Crippen molar-refractivity contribution in [2.45, 2.75) is 148 Å². The molecule has 3 heteroatoms. The van der Waals surface area contributed by atoms with E-state index in [1.54, 1.807) is 0 Å². The summed E-state index contributed by atoms with van der Waals surface area (Å²) in [6, 6.07) is 0.0473. The zero-order valence-electron chi connectivity index (χ0n) is 18.9. The van der Waals surface area contributed by atoms with Gasteiger partial charge in [0.25, 0.3) is 0 Å². The van der Waals surface area contributed by atoms with Crippen LogP contribution >= 0.6 is 0 Å². The Morgan fingerprint density at radius 3 is 1.37 bits per heavy atom. The van der Waals surface area contributed by atoms with Crippen molar-refractivity contribution in [1.82, 2.24) is 5.06 Å². The standard InChI is InChI=1S/C24H51NO2/c1-4-6-7-8-9-10-11-12-13-14-15-16-17-18-19-20-21-24(26)22-23(3)25(27)5-2/h23-24,26-27H,4-22H2,1-3H3. The molecule has 0 aliphatic heterocycles. The molecule has 27 heavy (non-hydrogen) atoms. The minimum atomic E-state index is -0.271. The normalized spacial score (nSPS) is 14.0. The molecule has 0 rings (SSSR count). The zero-order chi connectivity index (χ0) is 20.2. The molecule has 3 nitrogen and oxygen atoms in total. The first-order chi connectivity index (χ1) is 13.1. The number of nitrogens with zero attached hydrogens (tertiary/aromatic N) is 1. The highest BCUT2D eigenvalue weighted by Crippen LogP contribution is 2.15. The highest BCUT2D eigenvalue weighted by molar-refractivity contribution is 4.65. The predicted molar refractivity (Wildman–Crippen MR) is 118 cm³/mol. The zero-order valence-corrected chi connectivity index (χ0v) is 18.9. The molecule has 0 saturated heterocycles. The Morgan fingerprint density at radius 2 is 1.00 bits per heavy atom. The summed E-state index contributed by atoms with van der Waals surface area (Å²) in [5.74, 6) is 0. The summed E-state index contributed by atoms with van der Waals surface area (Å²) in [4.78, 5) is 0. The van der Waals surface area contributed by atoms with Crippen LogP contribution in [-0.4, -0.2) is 34.1 Å². The Balaban J connectivity index is 3.20. The van der Waals surface area contributed by atoms with Crippen molar-refractivity contribution in [3.8, 4) is 0 Å². The van der Waals surface area contributed by atoms with Crippen LogP contribution < -0.4 is 0 Å². The van der Waals surface area contributed by atoms with E-state index in [1.807, 2.05) is 13.8 Å². The fraction of sp³-hybridized carbons (Fsp3) is 1.00. The maximum atomic E-state index is 10.0. The van der Waals surface area contributed by atoms with Crippen LogP contribution in [0.4, 0.5) is 0 Å². The van der Waals surface area contributed by atoms with Crippen LogP contribution in [0, 0.1) is 0 Å². The second kappa shape index (κ2) is 20.6. The Labute approximate surface area is 170 Å². The molecule has 2 unspecified atom stereocenters. The van der Waals surface area contributed by atoms with Crippen LogP contribution in [-0.2, 0) is 0 Å². The summed E-state index contributed by atoms with van der Waals surface area (Å²) in [5.41, 5.74) is 0. The van der Waals surface area contributed by atoms with Gasteiger partial charge in [-0.1, -0.05) is 117 Å². The third-order valence-corrected chi connectivity index (χ3v) is 5.84. The Bertz CT molecular complexity index is 286. The van der Waals surface area contributed by atoms with Crippen molar-refractivity contribution in [2.24, 2.45) is 0 Å². The molecule has 0 fully saturated rings. The maximum absolute atomic E-state index is 10.0. The van der Waals surface area contributed by atoms with Crippen LogP contribution in [0.25, 0.3) is 0 Å². The van der Waals surface area contributed by atoms with E-state index in [2.05, 4.69) is 6.92 Å². The third-order valence-electron chi connectivity index (χ3n) is 5.84. The van der Waals surface area contributed by atoms with E-state index in [-0.39, 0.29) is 12.1 Å². The van der Waals surface area contributed by atoms with Crippen LogP contribution in [0.2, 0.25) is 0 Å². The van der Waals surface area contributed by atoms with Gasteiger partial charge in [-0.15, -0.1) is 0 Å². The number of rotatable bonds is 21. The van der Waals surface area contributed by atoms with Gasteiger partial charge in [-0.05, 0) is 19.8 Å². The van der Waals surface area contributed by atoms with Crippen molar-refractivity contribution in [3.05, 3.63) is 0 Å². The van der Waals surface area contributed by atoms with Crippen molar-refractivity contribution in [2.75, 3.05) is 6.54 Å². The van der Waals surface area contributed by atoms with E-state index in [0.717, 1.165) is 12.8 Å². The van der Waals surface area contributed by atoms with Crippen LogP contribution in [0.1, 0.15) is 136 Å². The summed E-state index contributed by atoms with van der Waals surface area (Å²) >= 11 is 0. The van der Waals surface area contributed by atoms with Crippen molar-refractivity contribution in [1.29, 1.82) is 0 Å². The van der Waals surface area contributed by atoms with Crippen molar-refractivity contribution in [3.63, 3.8) is 0 Å². The molecular formula is C24H51NO2. The minimum absolute atomic E-state index is 0.0473. The topological polar surface area (TPSA) is 43.7 Å². The number of hydrogen-bond acceptors (Lipinski definition) is 3. The first kappa shape index (κ1) is 26.9. The average molecular weight is 386 g/mol. The molecule has 0 aliphatic carbocycles. The van der Waals surface area contributed by atoms with Crippen molar-refractivity contribution < 1.29 is 10.3 Å². The molecule has 2 N–H and O–H groups in total. The molecule has 0 heterocycles. The lowest BCUT2D eigenvalue weighted by atomic mass is 10.0. The van der Waals surface area contributed by atoms with E-state index in [0.29, 0.717) is 13.0 Å². The Hall–Kier alpha value is -0.120. The molecule has 0 aliphatic rings. The summed E-state index contributed by atoms with van der Waals surface area (Å²) in [7, 11) is 0. The van der Waals surface area contributed by atoms with Gasteiger partial charge < -0.3 is 10.3 Å². The fourth-order valence-corrected chi connectivity index (χ4v) is 3.87. The summed E-state index contributed by atoms with van der Waals surface area (Å²) in [6.45, 7) is 6.80. The Morgan fingerprint density at radius 1 is 0.630 bits per heavy atom. The molecular weight excluding hydrogens is 334 g/mol. The van der Waals surface area contributed by atoms with Gasteiger partial charge >= 0.3 is 0 Å². The molecule has 0 bridgehead atoms. The average Bonchev–Trinajstić information content (AvgIpc) is 2.66. The van der Waals surface area contributed by atoms with Gasteiger partial charge in [-0.2, -0.15) is 5.06 Å². The summed E-state index contributed by atoms with van der Waals surface area (Å²) < 4.78 is 0. The molecule has 0 aromatic carbocycles. The van der Waals surface area contributed by atoms with Crippen LogP contribution in [0.5, 0.6) is 0 Å². The molecule has 0 aromatic rings. The number of aliphatic hydroxyl groups is 1. The summed E-state index contributed by atoms with van der Waals surface area (Å²) in [6.07, 6.45) is 23.3. The predicted octanol–water partition coefficient (Wildman–Crippen LogP) is 7.49. The van der Waals surface area contributed by atoms with Gasteiger partial charge in [0.2, 0.25) is 0 Å². The maximum Gasteiger partial charge on any atom is 0.0556 e. The summed E-state index contributed by atoms with van der Waals surface area (Å²) in [5, 5.41) is 21.0. The number of aliphatic hydroxyl groups excluding tert-OH is 1.